The van der Waals surface area contributed by atoms with E-state index in [-0.39, 0.29) is 0 Å². The van der Waals surface area contributed by atoms with E-state index in [4.69, 9.17) is 0 Å². The fourth-order valence-electron chi connectivity index (χ4n) is 2.51. The van der Waals surface area contributed by atoms with Gasteiger partial charge in [0.15, 0.2) is 0 Å². The molecule has 0 saturated carbocycles. The van der Waals surface area contributed by atoms with Crippen molar-refractivity contribution in [3.05, 3.63) is 0 Å². The lowest BCUT2D eigenvalue weighted by molar-refractivity contribution is -0.910. The third-order valence-corrected chi connectivity index (χ3v) is 3.90. The highest BCUT2D eigenvalue weighted by Crippen LogP contribution is 2.12. The number of rotatable bonds is 12. The zero-order valence-electron chi connectivity index (χ0n) is 12.9. The summed E-state index contributed by atoms with van der Waals surface area (Å²) in [6.07, 6.45) is 12.6. The molecule has 0 unspecified atom stereocenters. The van der Waals surface area contributed by atoms with E-state index >= 15 is 0 Å². The van der Waals surface area contributed by atoms with Gasteiger partial charge in [-0.3, -0.25) is 0 Å². The summed E-state index contributed by atoms with van der Waals surface area (Å²) in [5.41, 5.74) is 0. The van der Waals surface area contributed by atoms with Crippen molar-refractivity contribution < 1.29 is 4.48 Å². The molecular weight excluding hydrogens is 206 g/mol. The van der Waals surface area contributed by atoms with Gasteiger partial charge in [0.05, 0.1) is 26.7 Å². The van der Waals surface area contributed by atoms with E-state index in [0.29, 0.717) is 0 Å². The first kappa shape index (κ1) is 17.0. The van der Waals surface area contributed by atoms with Gasteiger partial charge in [0, 0.05) is 0 Å². The monoisotopic (exact) mass is 242 g/mol. The number of unbranched alkanes of at least 4 members (excludes halogenated alkanes) is 6. The van der Waals surface area contributed by atoms with Crippen molar-refractivity contribution in [1.29, 1.82) is 0 Å². The second-order valence-corrected chi connectivity index (χ2v) is 5.91. The first-order chi connectivity index (χ1) is 8.18. The highest BCUT2D eigenvalue weighted by Gasteiger charge is 2.19. The molecule has 0 aliphatic carbocycles. The molecule has 104 valence electrons. The van der Waals surface area contributed by atoms with Gasteiger partial charge < -0.3 is 4.48 Å². The molecule has 0 spiro atoms. The van der Waals surface area contributed by atoms with Crippen LogP contribution in [0.5, 0.6) is 0 Å². The van der Waals surface area contributed by atoms with E-state index < -0.39 is 0 Å². The van der Waals surface area contributed by atoms with Crippen LogP contribution in [0, 0.1) is 0 Å². The Balaban J connectivity index is 3.82. The Morgan fingerprint density at radius 3 is 1.41 bits per heavy atom. The van der Waals surface area contributed by atoms with Crippen LogP contribution in [0.15, 0.2) is 0 Å². The van der Waals surface area contributed by atoms with Crippen LogP contribution >= 0.6 is 0 Å². The standard InChI is InChI=1S/C16H36N/c1-5-8-11-12-13-16-17(4,14-9-6-2)15-10-7-3/h5-16H2,1-4H3/q+1. The predicted molar refractivity (Wildman–Crippen MR) is 79.4 cm³/mol. The molecule has 17 heavy (non-hydrogen) atoms. The average molecular weight is 242 g/mol. The fourth-order valence-corrected chi connectivity index (χ4v) is 2.51. The fraction of sp³-hybridized carbons (Fsp3) is 1.00. The summed E-state index contributed by atoms with van der Waals surface area (Å²) in [4.78, 5) is 0. The third-order valence-electron chi connectivity index (χ3n) is 3.90. The Bertz CT molecular complexity index is 146. The Hall–Kier alpha value is -0.0400. The third kappa shape index (κ3) is 9.64. The summed E-state index contributed by atoms with van der Waals surface area (Å²) >= 11 is 0. The molecule has 0 aliphatic heterocycles. The minimum absolute atomic E-state index is 1.33. The molecular formula is C16H36N+. The summed E-state index contributed by atoms with van der Waals surface area (Å²) in [6.45, 7) is 11.1. The Morgan fingerprint density at radius 1 is 0.529 bits per heavy atom. The van der Waals surface area contributed by atoms with Crippen molar-refractivity contribution in [2.45, 2.75) is 78.6 Å². The van der Waals surface area contributed by atoms with E-state index in [1.54, 1.807) is 0 Å². The van der Waals surface area contributed by atoms with E-state index in [1.807, 2.05) is 0 Å². The molecule has 0 aromatic heterocycles. The molecule has 0 fully saturated rings. The van der Waals surface area contributed by atoms with Gasteiger partial charge in [-0.05, 0) is 25.7 Å². The van der Waals surface area contributed by atoms with Crippen molar-refractivity contribution in [2.75, 3.05) is 26.7 Å². The number of quaternary nitrogens is 1. The molecule has 0 N–H and O–H groups in total. The van der Waals surface area contributed by atoms with E-state index in [1.165, 1.54) is 81.9 Å². The van der Waals surface area contributed by atoms with E-state index in [2.05, 4.69) is 27.8 Å². The molecule has 0 rings (SSSR count). The predicted octanol–water partition coefficient (Wildman–Crippen LogP) is 5.00. The summed E-state index contributed by atoms with van der Waals surface area (Å²) < 4.78 is 1.33. The smallest absolute Gasteiger partial charge is 0.0784 e. The van der Waals surface area contributed by atoms with Gasteiger partial charge in [-0.1, -0.05) is 52.9 Å². The highest BCUT2D eigenvalue weighted by atomic mass is 15.3. The van der Waals surface area contributed by atoms with Crippen molar-refractivity contribution in [3.8, 4) is 0 Å². The van der Waals surface area contributed by atoms with Crippen molar-refractivity contribution >= 4 is 0 Å². The van der Waals surface area contributed by atoms with Gasteiger partial charge in [0.1, 0.15) is 0 Å². The van der Waals surface area contributed by atoms with Gasteiger partial charge >= 0.3 is 0 Å². The molecule has 1 nitrogen and oxygen atoms in total. The average Bonchev–Trinajstić information content (AvgIpc) is 2.34. The lowest BCUT2D eigenvalue weighted by Gasteiger charge is -2.35. The van der Waals surface area contributed by atoms with Crippen LogP contribution in [0.3, 0.4) is 0 Å². The second kappa shape index (κ2) is 11.1. The molecule has 0 radical (unpaired) electrons. The lowest BCUT2D eigenvalue weighted by atomic mass is 10.1. The zero-order chi connectivity index (χ0) is 13.0. The van der Waals surface area contributed by atoms with Gasteiger partial charge in [-0.15, -0.1) is 0 Å². The second-order valence-electron chi connectivity index (χ2n) is 5.91. The zero-order valence-corrected chi connectivity index (χ0v) is 12.9. The number of nitrogens with zero attached hydrogens (tertiary/aromatic N) is 1. The van der Waals surface area contributed by atoms with E-state index in [0.717, 1.165) is 0 Å². The maximum atomic E-state index is 2.48. The van der Waals surface area contributed by atoms with Gasteiger partial charge in [0.2, 0.25) is 0 Å². The summed E-state index contributed by atoms with van der Waals surface area (Å²) in [5.74, 6) is 0. The Labute approximate surface area is 110 Å². The molecule has 0 saturated heterocycles. The summed E-state index contributed by atoms with van der Waals surface area (Å²) in [6, 6.07) is 0. The SMILES string of the molecule is CCCCCCC[N+](C)(CCCC)CCCC. The highest BCUT2D eigenvalue weighted by molar-refractivity contribution is 4.46. The molecule has 0 aliphatic rings. The number of hydrogen-bond donors (Lipinski definition) is 0. The van der Waals surface area contributed by atoms with Crippen LogP contribution in [0.1, 0.15) is 78.6 Å². The van der Waals surface area contributed by atoms with Crippen LogP contribution < -0.4 is 0 Å². The van der Waals surface area contributed by atoms with Gasteiger partial charge in [-0.2, -0.15) is 0 Å². The van der Waals surface area contributed by atoms with Gasteiger partial charge in [0.25, 0.3) is 0 Å². The van der Waals surface area contributed by atoms with Crippen LogP contribution in [0.25, 0.3) is 0 Å². The molecule has 0 aromatic carbocycles. The van der Waals surface area contributed by atoms with Crippen molar-refractivity contribution in [3.63, 3.8) is 0 Å². The molecule has 0 amide bonds. The molecule has 0 bridgehead atoms. The van der Waals surface area contributed by atoms with Crippen LogP contribution in [0.4, 0.5) is 0 Å². The normalized spacial score (nSPS) is 12.0. The van der Waals surface area contributed by atoms with Crippen molar-refractivity contribution in [1.82, 2.24) is 0 Å². The minimum Gasteiger partial charge on any atom is -0.326 e. The van der Waals surface area contributed by atoms with Crippen molar-refractivity contribution in [2.24, 2.45) is 0 Å². The van der Waals surface area contributed by atoms with E-state index in [9.17, 15) is 0 Å². The summed E-state index contributed by atoms with van der Waals surface area (Å²) in [5, 5.41) is 0. The quantitative estimate of drug-likeness (QED) is 0.333. The topological polar surface area (TPSA) is 0 Å². The van der Waals surface area contributed by atoms with Crippen LogP contribution in [-0.4, -0.2) is 31.2 Å². The van der Waals surface area contributed by atoms with Gasteiger partial charge in [-0.25, -0.2) is 0 Å². The largest absolute Gasteiger partial charge is 0.326 e. The molecule has 0 atom stereocenters. The van der Waals surface area contributed by atoms with Crippen LogP contribution in [-0.2, 0) is 0 Å². The molecule has 0 aromatic rings. The summed E-state index contributed by atoms with van der Waals surface area (Å²) in [7, 11) is 2.48. The minimum atomic E-state index is 1.33. The molecule has 1 heteroatoms. The first-order valence-electron chi connectivity index (χ1n) is 8.02. The van der Waals surface area contributed by atoms with Crippen LogP contribution in [0.2, 0.25) is 0 Å². The Kier molecular flexibility index (Phi) is 11.0. The lowest BCUT2D eigenvalue weighted by Crippen LogP contribution is -2.46. The first-order valence-corrected chi connectivity index (χ1v) is 8.02. The number of hydrogen-bond acceptors (Lipinski definition) is 0. The maximum absolute atomic E-state index is 2.48. The Morgan fingerprint density at radius 2 is 0.941 bits per heavy atom. The molecule has 0 heterocycles. The maximum Gasteiger partial charge on any atom is 0.0784 e.